The van der Waals surface area contributed by atoms with E-state index in [1.54, 1.807) is 19.4 Å². The lowest BCUT2D eigenvalue weighted by Crippen LogP contribution is -2.37. The molecule has 0 spiro atoms. The van der Waals surface area contributed by atoms with Crippen molar-refractivity contribution >= 4 is 11.8 Å². The van der Waals surface area contributed by atoms with Gasteiger partial charge in [-0.05, 0) is 24.3 Å². The molecule has 1 aliphatic heterocycles. The number of nitrogens with one attached hydrogen (secondary N) is 1. The van der Waals surface area contributed by atoms with Crippen LogP contribution >= 0.6 is 0 Å². The molecule has 1 N–H and O–H groups in total. The van der Waals surface area contributed by atoms with Crippen molar-refractivity contribution < 1.29 is 9.47 Å². The van der Waals surface area contributed by atoms with Gasteiger partial charge in [0.25, 0.3) is 5.56 Å². The fourth-order valence-electron chi connectivity index (χ4n) is 3.35. The zero-order chi connectivity index (χ0) is 21.1. The van der Waals surface area contributed by atoms with Crippen molar-refractivity contribution in [3.63, 3.8) is 0 Å². The Balaban J connectivity index is 1.62. The second-order valence-electron chi connectivity index (χ2n) is 7.22. The van der Waals surface area contributed by atoms with Gasteiger partial charge >= 0.3 is 0 Å². The summed E-state index contributed by atoms with van der Waals surface area (Å²) in [5, 5.41) is 7.91. The van der Waals surface area contributed by atoms with Crippen molar-refractivity contribution in [1.29, 1.82) is 0 Å². The van der Waals surface area contributed by atoms with Crippen LogP contribution in [-0.4, -0.2) is 60.2 Å². The molecule has 2 unspecified atom stereocenters. The monoisotopic (exact) mass is 408 g/mol. The van der Waals surface area contributed by atoms with Crippen LogP contribution in [0.3, 0.4) is 0 Å². The third-order valence-corrected chi connectivity index (χ3v) is 4.97. The third kappa shape index (κ3) is 4.11. The molecule has 3 heterocycles. The van der Waals surface area contributed by atoms with Crippen molar-refractivity contribution in [2.75, 3.05) is 44.6 Å². The molecule has 156 valence electrons. The average molecular weight is 408 g/mol. The number of hydrogen-bond acceptors (Lipinski definition) is 8. The molecule has 0 saturated carbocycles. The first kappa shape index (κ1) is 19.8. The predicted octanol–water partition coefficient (Wildman–Crippen LogP) is 1.83. The van der Waals surface area contributed by atoms with E-state index >= 15 is 0 Å². The summed E-state index contributed by atoms with van der Waals surface area (Å²) in [4.78, 5) is 23.3. The van der Waals surface area contributed by atoms with Gasteiger partial charge < -0.3 is 19.7 Å². The summed E-state index contributed by atoms with van der Waals surface area (Å²) in [6.45, 7) is 0.803. The molecule has 0 aliphatic carbocycles. The number of hydrogen-bond donors (Lipinski definition) is 1. The fourth-order valence-corrected chi connectivity index (χ4v) is 3.35. The van der Waals surface area contributed by atoms with E-state index in [2.05, 4.69) is 20.4 Å². The number of anilines is 2. The molecule has 3 aromatic rings. The first-order chi connectivity index (χ1) is 14.5. The maximum absolute atomic E-state index is 12.6. The van der Waals surface area contributed by atoms with Crippen molar-refractivity contribution in [1.82, 2.24) is 19.7 Å². The van der Waals surface area contributed by atoms with Gasteiger partial charge in [0, 0.05) is 31.9 Å². The van der Waals surface area contributed by atoms with Crippen LogP contribution in [0.25, 0.3) is 11.3 Å². The average Bonchev–Trinajstić information content (AvgIpc) is 3.22. The first-order valence-corrected chi connectivity index (χ1v) is 9.64. The summed E-state index contributed by atoms with van der Waals surface area (Å²) in [6.07, 6.45) is 1.70. The van der Waals surface area contributed by atoms with Crippen molar-refractivity contribution in [2.45, 2.75) is 12.1 Å². The number of nitrogens with zero attached hydrogens (tertiary/aromatic N) is 5. The molecule has 2 atom stereocenters. The summed E-state index contributed by atoms with van der Waals surface area (Å²) in [6, 6.07) is 12.2. The molecule has 0 bridgehead atoms. The zero-order valence-electron chi connectivity index (χ0n) is 17.1. The molecule has 1 aliphatic rings. The lowest BCUT2D eigenvalue weighted by atomic mass is 10.1. The molecular weight excluding hydrogens is 384 g/mol. The largest absolute Gasteiger partial charge is 0.497 e. The van der Waals surface area contributed by atoms with Gasteiger partial charge in [0.1, 0.15) is 17.6 Å². The minimum absolute atomic E-state index is 0.187. The number of ether oxygens (including phenoxy) is 2. The van der Waals surface area contributed by atoms with Crippen LogP contribution in [0.5, 0.6) is 5.75 Å². The molecule has 1 fully saturated rings. The van der Waals surface area contributed by atoms with Crippen LogP contribution < -0.4 is 20.5 Å². The number of rotatable bonds is 6. The Kier molecular flexibility index (Phi) is 5.62. The maximum atomic E-state index is 12.6. The maximum Gasteiger partial charge on any atom is 0.267 e. The Hall–Kier alpha value is -3.46. The quantitative estimate of drug-likeness (QED) is 0.660. The molecule has 1 aromatic carbocycles. The van der Waals surface area contributed by atoms with Gasteiger partial charge in [-0.15, -0.1) is 0 Å². The van der Waals surface area contributed by atoms with Crippen LogP contribution in [0.2, 0.25) is 0 Å². The Morgan fingerprint density at radius 3 is 2.87 bits per heavy atom. The number of aromatic nitrogens is 4. The molecule has 0 radical (unpaired) electrons. The smallest absolute Gasteiger partial charge is 0.267 e. The van der Waals surface area contributed by atoms with Crippen molar-refractivity contribution in [2.24, 2.45) is 0 Å². The second-order valence-corrected chi connectivity index (χ2v) is 7.22. The van der Waals surface area contributed by atoms with Crippen LogP contribution in [-0.2, 0) is 4.74 Å². The van der Waals surface area contributed by atoms with Crippen LogP contribution in [0.4, 0.5) is 11.8 Å². The van der Waals surface area contributed by atoms with E-state index in [9.17, 15) is 4.79 Å². The summed E-state index contributed by atoms with van der Waals surface area (Å²) >= 11 is 0. The normalized spacial score (nSPS) is 18.2. The van der Waals surface area contributed by atoms with Gasteiger partial charge in [-0.1, -0.05) is 12.1 Å². The number of benzene rings is 1. The Morgan fingerprint density at radius 1 is 1.20 bits per heavy atom. The molecular formula is C21H24N6O3. The highest BCUT2D eigenvalue weighted by molar-refractivity contribution is 5.60. The molecule has 4 rings (SSSR count). The fraction of sp³-hybridized carbons (Fsp3) is 0.333. The van der Waals surface area contributed by atoms with E-state index in [0.29, 0.717) is 24.9 Å². The predicted molar refractivity (Wildman–Crippen MR) is 114 cm³/mol. The van der Waals surface area contributed by atoms with Gasteiger partial charge in [-0.2, -0.15) is 10.1 Å². The van der Waals surface area contributed by atoms with Crippen molar-refractivity contribution in [3.05, 3.63) is 59.0 Å². The van der Waals surface area contributed by atoms with E-state index in [0.717, 1.165) is 17.1 Å². The molecule has 0 amide bonds. The van der Waals surface area contributed by atoms with Gasteiger partial charge in [0.15, 0.2) is 0 Å². The Morgan fingerprint density at radius 2 is 2.07 bits per heavy atom. The highest BCUT2D eigenvalue weighted by Crippen LogP contribution is 2.24. The third-order valence-electron chi connectivity index (χ3n) is 4.97. The second kappa shape index (κ2) is 8.50. The lowest BCUT2D eigenvalue weighted by Gasteiger charge is -2.21. The van der Waals surface area contributed by atoms with E-state index in [1.165, 1.54) is 10.7 Å². The SMILES string of the molecule is COc1cccc(-c2ccc(=O)n(C3COCC3Nc3nccc(N(C)C)n3)n2)c1. The Bertz CT molecular complexity index is 1080. The topological polar surface area (TPSA) is 94.4 Å². The lowest BCUT2D eigenvalue weighted by molar-refractivity contribution is 0.183. The van der Waals surface area contributed by atoms with E-state index in [1.807, 2.05) is 49.3 Å². The summed E-state index contributed by atoms with van der Waals surface area (Å²) < 4.78 is 12.4. The number of methoxy groups -OCH3 is 1. The molecule has 9 heteroatoms. The Labute approximate surface area is 174 Å². The van der Waals surface area contributed by atoms with E-state index < -0.39 is 0 Å². The molecule has 30 heavy (non-hydrogen) atoms. The minimum atomic E-state index is -0.283. The van der Waals surface area contributed by atoms with Crippen LogP contribution in [0.1, 0.15) is 6.04 Å². The van der Waals surface area contributed by atoms with Crippen LogP contribution in [0, 0.1) is 0 Å². The van der Waals surface area contributed by atoms with Gasteiger partial charge in [0.05, 0.1) is 32.1 Å². The van der Waals surface area contributed by atoms with E-state index in [4.69, 9.17) is 9.47 Å². The van der Waals surface area contributed by atoms with Crippen molar-refractivity contribution in [3.8, 4) is 17.0 Å². The summed E-state index contributed by atoms with van der Waals surface area (Å²) in [5.41, 5.74) is 1.37. The molecule has 9 nitrogen and oxygen atoms in total. The van der Waals surface area contributed by atoms with Crippen LogP contribution in [0.15, 0.2) is 53.5 Å². The van der Waals surface area contributed by atoms with Gasteiger partial charge in [-0.25, -0.2) is 9.67 Å². The standard InChI is InChI=1S/C21H24N6O3/c1-26(2)19-9-10-22-21(24-19)23-17-12-30-13-18(17)27-20(28)8-7-16(25-27)14-5-4-6-15(11-14)29-3/h4-11,17-18H,12-13H2,1-3H3,(H,22,23,24). The van der Waals surface area contributed by atoms with Gasteiger partial charge in [0.2, 0.25) is 5.95 Å². The van der Waals surface area contributed by atoms with Gasteiger partial charge in [-0.3, -0.25) is 4.79 Å². The molecule has 2 aromatic heterocycles. The zero-order valence-corrected chi connectivity index (χ0v) is 17.1. The highest BCUT2D eigenvalue weighted by atomic mass is 16.5. The van der Waals surface area contributed by atoms with E-state index in [-0.39, 0.29) is 17.6 Å². The minimum Gasteiger partial charge on any atom is -0.497 e. The molecule has 1 saturated heterocycles. The highest BCUT2D eigenvalue weighted by Gasteiger charge is 2.32. The summed E-state index contributed by atoms with van der Waals surface area (Å²) in [5.74, 6) is 2.01. The summed E-state index contributed by atoms with van der Waals surface area (Å²) in [7, 11) is 5.45. The first-order valence-electron chi connectivity index (χ1n) is 9.64.